The number of anilines is 1. The summed E-state index contributed by atoms with van der Waals surface area (Å²) in [5, 5.41) is 27.3. The molecular formula is C19H17BN6O3. The molecule has 0 atom stereocenters. The minimum absolute atomic E-state index is 0.138. The predicted molar refractivity (Wildman–Crippen MR) is 109 cm³/mol. The summed E-state index contributed by atoms with van der Waals surface area (Å²) in [7, 11) is -1.74. The lowest BCUT2D eigenvalue weighted by Gasteiger charge is -2.12. The molecule has 4 aromatic rings. The maximum atomic E-state index is 11.6. The fourth-order valence-corrected chi connectivity index (χ4v) is 3.02. The lowest BCUT2D eigenvalue weighted by atomic mass is 9.81. The van der Waals surface area contributed by atoms with Crippen molar-refractivity contribution in [2.75, 3.05) is 5.32 Å². The van der Waals surface area contributed by atoms with Crippen LogP contribution in [0.2, 0.25) is 0 Å². The van der Waals surface area contributed by atoms with Gasteiger partial charge in [-0.2, -0.15) is 14.8 Å². The number of fused-ring (bicyclic) bond motifs is 1. The third-order valence-electron chi connectivity index (χ3n) is 4.45. The van der Waals surface area contributed by atoms with Gasteiger partial charge in [0.1, 0.15) is 5.82 Å². The zero-order valence-corrected chi connectivity index (χ0v) is 15.2. The average Bonchev–Trinajstić information content (AvgIpc) is 3.16. The van der Waals surface area contributed by atoms with Crippen molar-refractivity contribution >= 4 is 35.2 Å². The van der Waals surface area contributed by atoms with E-state index < -0.39 is 13.0 Å². The van der Waals surface area contributed by atoms with E-state index in [2.05, 4.69) is 20.4 Å². The zero-order valence-electron chi connectivity index (χ0n) is 15.2. The number of carbonyl (C=O) groups excluding carboxylic acids is 1. The van der Waals surface area contributed by atoms with Gasteiger partial charge in [-0.3, -0.25) is 4.79 Å². The van der Waals surface area contributed by atoms with Crippen LogP contribution in [-0.2, 0) is 6.54 Å². The van der Waals surface area contributed by atoms with Crippen LogP contribution in [0, 0.1) is 0 Å². The molecule has 0 saturated heterocycles. The van der Waals surface area contributed by atoms with Crippen molar-refractivity contribution < 1.29 is 14.8 Å². The van der Waals surface area contributed by atoms with Crippen molar-refractivity contribution in [2.24, 2.45) is 5.73 Å². The summed E-state index contributed by atoms with van der Waals surface area (Å²) in [5.74, 6) is -0.0785. The number of amides is 1. The topological polar surface area (TPSA) is 139 Å². The summed E-state index contributed by atoms with van der Waals surface area (Å²) in [5.41, 5.74) is 7.52. The highest BCUT2D eigenvalue weighted by molar-refractivity contribution is 6.60. The van der Waals surface area contributed by atoms with Crippen LogP contribution < -0.4 is 16.5 Å². The Morgan fingerprint density at radius 2 is 1.90 bits per heavy atom. The van der Waals surface area contributed by atoms with Crippen LogP contribution >= 0.6 is 0 Å². The van der Waals surface area contributed by atoms with Crippen LogP contribution in [0.15, 0.2) is 60.9 Å². The van der Waals surface area contributed by atoms with Gasteiger partial charge >= 0.3 is 7.12 Å². The lowest BCUT2D eigenvalue weighted by molar-refractivity contribution is 0.100. The van der Waals surface area contributed by atoms with Gasteiger partial charge < -0.3 is 21.1 Å². The smallest absolute Gasteiger partial charge is 0.423 e. The van der Waals surface area contributed by atoms with Crippen LogP contribution in [0.25, 0.3) is 16.9 Å². The Morgan fingerprint density at radius 1 is 1.10 bits per heavy atom. The normalized spacial score (nSPS) is 10.8. The summed E-state index contributed by atoms with van der Waals surface area (Å²) in [4.78, 5) is 20.3. The van der Waals surface area contributed by atoms with Gasteiger partial charge in [0.25, 0.3) is 5.95 Å². The SMILES string of the molecule is NC(=O)c1cccc2c1cnn2-c1ncc(B(O)O)c(NCc2ccccc2)n1. The molecular weight excluding hydrogens is 371 g/mol. The fourth-order valence-electron chi connectivity index (χ4n) is 3.02. The molecule has 0 radical (unpaired) electrons. The molecule has 0 unspecified atom stereocenters. The number of nitrogens with two attached hydrogens (primary N) is 1. The molecule has 0 fully saturated rings. The Kier molecular flexibility index (Phi) is 4.94. The second-order valence-corrected chi connectivity index (χ2v) is 6.35. The van der Waals surface area contributed by atoms with E-state index in [1.54, 1.807) is 18.2 Å². The van der Waals surface area contributed by atoms with Crippen molar-refractivity contribution in [2.45, 2.75) is 6.54 Å². The van der Waals surface area contributed by atoms with E-state index in [1.807, 2.05) is 30.3 Å². The van der Waals surface area contributed by atoms with E-state index in [-0.39, 0.29) is 17.2 Å². The van der Waals surface area contributed by atoms with Crippen molar-refractivity contribution in [1.29, 1.82) is 0 Å². The summed E-state index contributed by atoms with van der Waals surface area (Å²) in [6, 6.07) is 14.7. The van der Waals surface area contributed by atoms with E-state index in [1.165, 1.54) is 17.1 Å². The molecule has 0 aliphatic heterocycles. The molecule has 2 aromatic heterocycles. The number of benzene rings is 2. The molecule has 10 heteroatoms. The number of hydrogen-bond donors (Lipinski definition) is 4. The number of rotatable bonds is 6. The Morgan fingerprint density at radius 3 is 2.62 bits per heavy atom. The summed E-state index contributed by atoms with van der Waals surface area (Å²) in [6.07, 6.45) is 2.84. The van der Waals surface area contributed by atoms with Crippen LogP contribution in [0.5, 0.6) is 0 Å². The number of primary amides is 1. The molecule has 29 heavy (non-hydrogen) atoms. The van der Waals surface area contributed by atoms with Crippen molar-refractivity contribution in [3.8, 4) is 5.95 Å². The van der Waals surface area contributed by atoms with Gasteiger partial charge in [0.2, 0.25) is 5.91 Å². The Labute approximate surface area is 166 Å². The highest BCUT2D eigenvalue weighted by Crippen LogP contribution is 2.20. The maximum Gasteiger partial charge on any atom is 0.493 e. The first-order chi connectivity index (χ1) is 14.0. The van der Waals surface area contributed by atoms with Gasteiger partial charge in [-0.05, 0) is 17.7 Å². The maximum absolute atomic E-state index is 11.6. The molecule has 2 aromatic carbocycles. The van der Waals surface area contributed by atoms with E-state index in [4.69, 9.17) is 5.73 Å². The first-order valence-electron chi connectivity index (χ1n) is 8.82. The van der Waals surface area contributed by atoms with Gasteiger partial charge in [-0.15, -0.1) is 0 Å². The van der Waals surface area contributed by atoms with Gasteiger partial charge in [0.15, 0.2) is 0 Å². The largest absolute Gasteiger partial charge is 0.493 e. The predicted octanol–water partition coefficient (Wildman–Crippen LogP) is 0.206. The Hall–Kier alpha value is -3.76. The molecule has 9 nitrogen and oxygen atoms in total. The van der Waals surface area contributed by atoms with Gasteiger partial charge in [-0.1, -0.05) is 36.4 Å². The number of aromatic nitrogens is 4. The third-order valence-corrected chi connectivity index (χ3v) is 4.45. The van der Waals surface area contributed by atoms with Crippen LogP contribution in [0.1, 0.15) is 15.9 Å². The Bertz CT molecular complexity index is 1180. The van der Waals surface area contributed by atoms with E-state index in [0.717, 1.165) is 5.56 Å². The molecule has 0 aliphatic rings. The monoisotopic (exact) mass is 388 g/mol. The molecule has 2 heterocycles. The van der Waals surface area contributed by atoms with Crippen LogP contribution in [0.4, 0.5) is 5.82 Å². The van der Waals surface area contributed by atoms with E-state index in [0.29, 0.717) is 23.0 Å². The van der Waals surface area contributed by atoms with Crippen molar-refractivity contribution in [1.82, 2.24) is 19.7 Å². The lowest BCUT2D eigenvalue weighted by Crippen LogP contribution is -2.34. The van der Waals surface area contributed by atoms with Crippen molar-refractivity contribution in [3.05, 3.63) is 72.1 Å². The number of hydrogen-bond acceptors (Lipinski definition) is 7. The third kappa shape index (κ3) is 3.66. The van der Waals surface area contributed by atoms with Gasteiger partial charge in [0.05, 0.1) is 17.3 Å². The average molecular weight is 388 g/mol. The highest BCUT2D eigenvalue weighted by Gasteiger charge is 2.20. The molecule has 0 saturated carbocycles. The molecule has 144 valence electrons. The van der Waals surface area contributed by atoms with E-state index >= 15 is 0 Å². The highest BCUT2D eigenvalue weighted by atomic mass is 16.4. The number of nitrogens with one attached hydrogen (secondary N) is 1. The second kappa shape index (κ2) is 7.70. The first-order valence-corrected chi connectivity index (χ1v) is 8.82. The molecule has 5 N–H and O–H groups in total. The van der Waals surface area contributed by atoms with E-state index in [9.17, 15) is 14.8 Å². The number of carbonyl (C=O) groups is 1. The minimum atomic E-state index is -1.74. The summed E-state index contributed by atoms with van der Waals surface area (Å²) >= 11 is 0. The fraction of sp³-hybridized carbons (Fsp3) is 0.0526. The van der Waals surface area contributed by atoms with Crippen LogP contribution in [-0.4, -0.2) is 42.8 Å². The van der Waals surface area contributed by atoms with Crippen molar-refractivity contribution in [3.63, 3.8) is 0 Å². The molecule has 0 aliphatic carbocycles. The molecule has 1 amide bonds. The molecule has 4 rings (SSSR count). The van der Waals surface area contributed by atoms with Crippen LogP contribution in [0.3, 0.4) is 0 Å². The van der Waals surface area contributed by atoms with Gasteiger partial charge in [0, 0.05) is 23.6 Å². The quantitative estimate of drug-likeness (QED) is 0.346. The minimum Gasteiger partial charge on any atom is -0.423 e. The molecule has 0 bridgehead atoms. The summed E-state index contributed by atoms with van der Waals surface area (Å²) in [6.45, 7) is 0.433. The summed E-state index contributed by atoms with van der Waals surface area (Å²) < 4.78 is 1.46. The number of nitrogens with zero attached hydrogens (tertiary/aromatic N) is 4. The standard InChI is InChI=1S/C19H17BN6O3/c21-17(27)13-7-4-8-16-14(13)10-24-26(16)19-23-11-15(20(28)29)18(25-19)22-9-12-5-2-1-3-6-12/h1-8,10-11,28-29H,9H2,(H2,21,27)(H,22,23,25). The second-order valence-electron chi connectivity index (χ2n) is 6.35. The van der Waals surface area contributed by atoms with Gasteiger partial charge in [-0.25, -0.2) is 4.98 Å². The first kappa shape index (κ1) is 18.6. The zero-order chi connectivity index (χ0) is 20.4. The molecule has 0 spiro atoms. The Balaban J connectivity index is 1.74.